The second kappa shape index (κ2) is 9.57. The number of aromatic nitrogens is 2. The number of halogens is 1. The average molecular weight is 471 g/mol. The molecule has 0 saturated carbocycles. The van der Waals surface area contributed by atoms with E-state index in [1.807, 2.05) is 66.4 Å². The number of nitrogens with zero attached hydrogens (tertiary/aromatic N) is 3. The molecule has 5 rings (SSSR count). The number of rotatable bonds is 6. The van der Waals surface area contributed by atoms with Gasteiger partial charge in [-0.25, -0.2) is 4.39 Å². The van der Waals surface area contributed by atoms with Gasteiger partial charge >= 0.3 is 0 Å². The van der Waals surface area contributed by atoms with Crippen molar-refractivity contribution in [3.63, 3.8) is 0 Å². The summed E-state index contributed by atoms with van der Waals surface area (Å²) in [5, 5.41) is 8.16. The van der Waals surface area contributed by atoms with Crippen LogP contribution < -0.4 is 5.32 Å². The van der Waals surface area contributed by atoms with Gasteiger partial charge in [0.15, 0.2) is 5.11 Å². The first-order valence-electron chi connectivity index (χ1n) is 11.1. The normalized spacial score (nSPS) is 16.0. The molecular weight excluding hydrogens is 447 g/mol. The van der Waals surface area contributed by atoms with Gasteiger partial charge in [-0.05, 0) is 48.8 Å². The molecule has 5 nitrogen and oxygen atoms in total. The summed E-state index contributed by atoms with van der Waals surface area (Å²) in [6.07, 6.45) is 0.816. The van der Waals surface area contributed by atoms with E-state index in [1.165, 1.54) is 17.7 Å². The fourth-order valence-corrected chi connectivity index (χ4v) is 4.53. The van der Waals surface area contributed by atoms with Gasteiger partial charge < -0.3 is 14.7 Å². The van der Waals surface area contributed by atoms with Gasteiger partial charge in [0, 0.05) is 17.8 Å². The van der Waals surface area contributed by atoms with E-state index in [2.05, 4.69) is 22.6 Å². The minimum Gasteiger partial charge on any atom is -0.351 e. The van der Waals surface area contributed by atoms with Crippen LogP contribution >= 0.6 is 12.2 Å². The second-order valence-corrected chi connectivity index (χ2v) is 8.50. The summed E-state index contributed by atoms with van der Waals surface area (Å²) in [4.78, 5) is 6.73. The molecule has 1 aromatic heterocycles. The Bertz CT molecular complexity index is 1340. The van der Waals surface area contributed by atoms with Crippen molar-refractivity contribution in [2.75, 3.05) is 6.54 Å². The van der Waals surface area contributed by atoms with Gasteiger partial charge in [0.1, 0.15) is 5.82 Å². The first kappa shape index (κ1) is 22.0. The number of benzene rings is 3. The zero-order valence-corrected chi connectivity index (χ0v) is 19.4. The molecular formula is C27H23FN4OS. The van der Waals surface area contributed by atoms with Crippen LogP contribution in [0.1, 0.15) is 30.0 Å². The number of thiocarbonyl (C=S) groups is 1. The largest absolute Gasteiger partial charge is 0.351 e. The van der Waals surface area contributed by atoms with E-state index in [4.69, 9.17) is 21.7 Å². The number of hydrogen-bond acceptors (Lipinski definition) is 4. The van der Waals surface area contributed by atoms with Gasteiger partial charge in [0.05, 0.1) is 11.6 Å². The van der Waals surface area contributed by atoms with Crippen LogP contribution in [0, 0.1) is 5.82 Å². The molecule has 1 atom stereocenters. The maximum atomic E-state index is 14.1. The molecule has 3 aromatic carbocycles. The molecule has 0 aliphatic carbocycles. The van der Waals surface area contributed by atoms with E-state index in [9.17, 15) is 4.39 Å². The Morgan fingerprint density at radius 3 is 2.47 bits per heavy atom. The zero-order valence-electron chi connectivity index (χ0n) is 18.6. The van der Waals surface area contributed by atoms with E-state index >= 15 is 0 Å². The molecule has 0 radical (unpaired) electrons. The SMILES string of the molecule is CC1=C(c2nc(-c3ccccc3)no2)C(c2cccc(F)c2)NC(=S)N1CCc1ccccc1. The Labute approximate surface area is 202 Å². The van der Waals surface area contributed by atoms with Crippen LogP contribution in [0.5, 0.6) is 0 Å². The van der Waals surface area contributed by atoms with E-state index < -0.39 is 6.04 Å². The summed E-state index contributed by atoms with van der Waals surface area (Å²) in [5.41, 5.74) is 4.49. The molecule has 0 saturated heterocycles. The highest BCUT2D eigenvalue weighted by Crippen LogP contribution is 2.37. The molecule has 4 aromatic rings. The third-order valence-electron chi connectivity index (χ3n) is 5.93. The topological polar surface area (TPSA) is 54.2 Å². The summed E-state index contributed by atoms with van der Waals surface area (Å²) < 4.78 is 19.9. The number of nitrogens with one attached hydrogen (secondary N) is 1. The summed E-state index contributed by atoms with van der Waals surface area (Å²) in [7, 11) is 0. The quantitative estimate of drug-likeness (QED) is 0.361. The molecule has 34 heavy (non-hydrogen) atoms. The molecule has 1 aliphatic rings. The standard InChI is InChI=1S/C27H23FN4OS/c1-18-23(26-30-25(31-33-26)20-11-6-3-7-12-20)24(21-13-8-14-22(28)17-21)29-27(34)32(18)16-15-19-9-4-2-5-10-19/h2-14,17,24H,15-16H2,1H3,(H,29,34). The highest BCUT2D eigenvalue weighted by atomic mass is 32.1. The molecule has 0 fully saturated rings. The monoisotopic (exact) mass is 470 g/mol. The van der Waals surface area contributed by atoms with Gasteiger partial charge in [-0.15, -0.1) is 0 Å². The smallest absolute Gasteiger partial charge is 0.258 e. The number of hydrogen-bond donors (Lipinski definition) is 1. The fourth-order valence-electron chi connectivity index (χ4n) is 4.19. The molecule has 170 valence electrons. The summed E-state index contributed by atoms with van der Waals surface area (Å²) in [5.74, 6) is 0.562. The lowest BCUT2D eigenvalue weighted by Crippen LogP contribution is -2.46. The summed E-state index contributed by atoms with van der Waals surface area (Å²) in [6.45, 7) is 2.67. The van der Waals surface area contributed by atoms with Gasteiger partial charge in [0.25, 0.3) is 5.89 Å². The first-order valence-corrected chi connectivity index (χ1v) is 11.5. The maximum absolute atomic E-state index is 14.1. The molecule has 1 unspecified atom stereocenters. The van der Waals surface area contributed by atoms with Crippen LogP contribution in [0.4, 0.5) is 4.39 Å². The van der Waals surface area contributed by atoms with Crippen LogP contribution in [-0.4, -0.2) is 26.7 Å². The van der Waals surface area contributed by atoms with Crippen molar-refractivity contribution < 1.29 is 8.91 Å². The summed E-state index contributed by atoms with van der Waals surface area (Å²) in [6, 6.07) is 26.0. The van der Waals surface area contributed by atoms with Crippen molar-refractivity contribution in [3.8, 4) is 11.4 Å². The molecule has 1 N–H and O–H groups in total. The van der Waals surface area contributed by atoms with Gasteiger partial charge in [-0.1, -0.05) is 78.0 Å². The highest BCUT2D eigenvalue weighted by Gasteiger charge is 2.34. The van der Waals surface area contributed by atoms with Crippen LogP contribution in [0.2, 0.25) is 0 Å². The minimum absolute atomic E-state index is 0.316. The van der Waals surface area contributed by atoms with Gasteiger partial charge in [0.2, 0.25) is 5.82 Å². The lowest BCUT2D eigenvalue weighted by molar-refractivity contribution is 0.397. The number of allylic oxidation sites excluding steroid dienone is 1. The summed E-state index contributed by atoms with van der Waals surface area (Å²) >= 11 is 5.73. The van der Waals surface area contributed by atoms with Crippen molar-refractivity contribution in [2.45, 2.75) is 19.4 Å². The Balaban J connectivity index is 1.55. The van der Waals surface area contributed by atoms with E-state index in [-0.39, 0.29) is 5.82 Å². The van der Waals surface area contributed by atoms with Crippen molar-refractivity contribution in [1.29, 1.82) is 0 Å². The molecule has 0 spiro atoms. The van der Waals surface area contributed by atoms with Gasteiger partial charge in [-0.2, -0.15) is 4.98 Å². The molecule has 1 aliphatic heterocycles. The third kappa shape index (κ3) is 4.47. The predicted molar refractivity (Wildman–Crippen MR) is 134 cm³/mol. The van der Waals surface area contributed by atoms with Crippen molar-refractivity contribution in [3.05, 3.63) is 113 Å². The Morgan fingerprint density at radius 2 is 1.74 bits per heavy atom. The van der Waals surface area contributed by atoms with Crippen molar-refractivity contribution in [1.82, 2.24) is 20.4 Å². The lowest BCUT2D eigenvalue weighted by Gasteiger charge is -2.37. The van der Waals surface area contributed by atoms with E-state index in [0.717, 1.165) is 28.8 Å². The predicted octanol–water partition coefficient (Wildman–Crippen LogP) is 5.78. The molecule has 0 amide bonds. The molecule has 7 heteroatoms. The van der Waals surface area contributed by atoms with Crippen LogP contribution in [-0.2, 0) is 6.42 Å². The Kier molecular flexibility index (Phi) is 6.18. The Morgan fingerprint density at radius 1 is 1.00 bits per heavy atom. The molecule has 2 heterocycles. The average Bonchev–Trinajstić information content (AvgIpc) is 3.34. The van der Waals surface area contributed by atoms with Crippen LogP contribution in [0.15, 0.2) is 95.1 Å². The minimum atomic E-state index is -0.416. The lowest BCUT2D eigenvalue weighted by atomic mass is 9.94. The zero-order chi connectivity index (χ0) is 23.5. The fraction of sp³-hybridized carbons (Fsp3) is 0.148. The van der Waals surface area contributed by atoms with Gasteiger partial charge in [-0.3, -0.25) is 0 Å². The Hall–Kier alpha value is -3.84. The van der Waals surface area contributed by atoms with Crippen molar-refractivity contribution in [2.24, 2.45) is 0 Å². The first-order chi connectivity index (χ1) is 16.6. The van der Waals surface area contributed by atoms with Crippen LogP contribution in [0.25, 0.3) is 17.0 Å². The van der Waals surface area contributed by atoms with Crippen LogP contribution in [0.3, 0.4) is 0 Å². The highest BCUT2D eigenvalue weighted by molar-refractivity contribution is 7.80. The maximum Gasteiger partial charge on any atom is 0.258 e. The van der Waals surface area contributed by atoms with Crippen molar-refractivity contribution >= 4 is 22.9 Å². The van der Waals surface area contributed by atoms with E-state index in [0.29, 0.717) is 23.4 Å². The third-order valence-corrected chi connectivity index (χ3v) is 6.27. The van der Waals surface area contributed by atoms with E-state index in [1.54, 1.807) is 6.07 Å². The molecule has 0 bridgehead atoms. The second-order valence-electron chi connectivity index (χ2n) is 8.11.